The quantitative estimate of drug-likeness (QED) is 0.469. The number of rotatable bonds is 7. The van der Waals surface area contributed by atoms with Gasteiger partial charge in [-0.25, -0.2) is 14.0 Å². The molecule has 2 aromatic rings. The second kappa shape index (κ2) is 10.9. The Morgan fingerprint density at radius 3 is 2.45 bits per heavy atom. The Labute approximate surface area is 190 Å². The van der Waals surface area contributed by atoms with Gasteiger partial charge in [0.05, 0.1) is 5.56 Å². The van der Waals surface area contributed by atoms with Gasteiger partial charge in [0, 0.05) is 39.0 Å². The third-order valence-corrected chi connectivity index (χ3v) is 5.81. The number of hydrogen-bond acceptors (Lipinski definition) is 5. The summed E-state index contributed by atoms with van der Waals surface area (Å²) >= 11 is 0. The summed E-state index contributed by atoms with van der Waals surface area (Å²) in [5.74, 6) is -1.45. The first kappa shape index (κ1) is 24.2. The van der Waals surface area contributed by atoms with Gasteiger partial charge < -0.3 is 14.2 Å². The molecular formula is C24H28FN3O5. The van der Waals surface area contributed by atoms with Gasteiger partial charge in [0.2, 0.25) is 0 Å². The zero-order valence-corrected chi connectivity index (χ0v) is 18.8. The van der Waals surface area contributed by atoms with E-state index in [-0.39, 0.29) is 23.3 Å². The maximum absolute atomic E-state index is 13.2. The molecule has 1 aliphatic rings. The van der Waals surface area contributed by atoms with Crippen molar-refractivity contribution < 1.29 is 18.7 Å². The van der Waals surface area contributed by atoms with E-state index in [4.69, 9.17) is 4.74 Å². The summed E-state index contributed by atoms with van der Waals surface area (Å²) in [6, 6.07) is 6.03. The minimum absolute atomic E-state index is 0.0409. The smallest absolute Gasteiger partial charge is 0.331 e. The van der Waals surface area contributed by atoms with E-state index in [2.05, 4.69) is 0 Å². The van der Waals surface area contributed by atoms with Gasteiger partial charge in [0.15, 0.2) is 6.61 Å². The molecule has 1 heterocycles. The molecule has 0 N–H and O–H groups in total. The molecule has 1 aromatic carbocycles. The maximum atomic E-state index is 13.2. The second-order valence-corrected chi connectivity index (χ2v) is 8.22. The van der Waals surface area contributed by atoms with Crippen LogP contribution in [-0.2, 0) is 35.0 Å². The van der Waals surface area contributed by atoms with Crippen molar-refractivity contribution in [2.24, 2.45) is 14.1 Å². The molecule has 1 aliphatic carbocycles. The van der Waals surface area contributed by atoms with Crippen molar-refractivity contribution in [1.82, 2.24) is 14.0 Å². The predicted octanol–water partition coefficient (Wildman–Crippen LogP) is 2.14. The first-order valence-corrected chi connectivity index (χ1v) is 10.9. The molecule has 0 bridgehead atoms. The topological polar surface area (TPSA) is 90.6 Å². The molecule has 9 heteroatoms. The van der Waals surface area contributed by atoms with Crippen LogP contribution in [0.15, 0.2) is 46.1 Å². The summed E-state index contributed by atoms with van der Waals surface area (Å²) in [5, 5.41) is 0. The van der Waals surface area contributed by atoms with Gasteiger partial charge in [-0.15, -0.1) is 0 Å². The van der Waals surface area contributed by atoms with Crippen molar-refractivity contribution in [2.45, 2.75) is 44.7 Å². The van der Waals surface area contributed by atoms with Crippen molar-refractivity contribution >= 4 is 18.0 Å². The first-order valence-electron chi connectivity index (χ1n) is 10.9. The number of amides is 1. The molecule has 1 fully saturated rings. The van der Waals surface area contributed by atoms with Crippen LogP contribution < -0.4 is 11.2 Å². The fourth-order valence-electron chi connectivity index (χ4n) is 3.97. The summed E-state index contributed by atoms with van der Waals surface area (Å²) in [4.78, 5) is 50.7. The van der Waals surface area contributed by atoms with Gasteiger partial charge in [0.1, 0.15) is 5.82 Å². The van der Waals surface area contributed by atoms with Gasteiger partial charge in [-0.3, -0.25) is 14.2 Å². The molecule has 0 saturated heterocycles. The van der Waals surface area contributed by atoms with E-state index in [1.807, 2.05) is 0 Å². The van der Waals surface area contributed by atoms with Gasteiger partial charge >= 0.3 is 11.7 Å². The first-order chi connectivity index (χ1) is 15.8. The lowest BCUT2D eigenvalue weighted by Gasteiger charge is -2.34. The van der Waals surface area contributed by atoms with Gasteiger partial charge in [-0.2, -0.15) is 0 Å². The molecule has 33 heavy (non-hydrogen) atoms. The van der Waals surface area contributed by atoms with E-state index < -0.39 is 23.8 Å². The van der Waals surface area contributed by atoms with E-state index in [9.17, 15) is 23.6 Å². The summed E-state index contributed by atoms with van der Waals surface area (Å²) in [7, 11) is 2.84. The van der Waals surface area contributed by atoms with Crippen LogP contribution in [0.2, 0.25) is 0 Å². The lowest BCUT2D eigenvalue weighted by molar-refractivity contribution is -0.150. The molecule has 0 atom stereocenters. The molecule has 8 nitrogen and oxygen atoms in total. The maximum Gasteiger partial charge on any atom is 0.331 e. The Balaban J connectivity index is 1.66. The van der Waals surface area contributed by atoms with Gasteiger partial charge in [0.25, 0.3) is 11.5 Å². The fourth-order valence-corrected chi connectivity index (χ4v) is 3.97. The Kier molecular flexibility index (Phi) is 7.97. The molecule has 0 unspecified atom stereocenters. The lowest BCUT2D eigenvalue weighted by atomic mass is 9.93. The van der Waals surface area contributed by atoms with Crippen molar-refractivity contribution in [3.05, 3.63) is 74.3 Å². The van der Waals surface area contributed by atoms with E-state index >= 15 is 0 Å². The van der Waals surface area contributed by atoms with Crippen LogP contribution in [0.4, 0.5) is 4.39 Å². The molecule has 0 radical (unpaired) electrons. The van der Waals surface area contributed by atoms with Crippen molar-refractivity contribution in [1.29, 1.82) is 0 Å². The van der Waals surface area contributed by atoms with Crippen molar-refractivity contribution in [2.75, 3.05) is 6.61 Å². The van der Waals surface area contributed by atoms with Gasteiger partial charge in [-0.05, 0) is 36.6 Å². The monoisotopic (exact) mass is 457 g/mol. The number of esters is 1. The molecular weight excluding hydrogens is 429 g/mol. The van der Waals surface area contributed by atoms with Crippen LogP contribution in [0.3, 0.4) is 0 Å². The average Bonchev–Trinajstić information content (AvgIpc) is 2.82. The molecule has 0 aliphatic heterocycles. The number of carbonyl (C=O) groups is 2. The van der Waals surface area contributed by atoms with Crippen molar-refractivity contribution in [3.8, 4) is 0 Å². The summed E-state index contributed by atoms with van der Waals surface area (Å²) in [6.07, 6.45) is 8.55. The largest absolute Gasteiger partial charge is 0.452 e. The zero-order chi connectivity index (χ0) is 24.0. The Bertz CT molecular complexity index is 1140. The van der Waals surface area contributed by atoms with E-state index in [0.717, 1.165) is 48.3 Å². The molecule has 1 amide bonds. The molecule has 1 saturated carbocycles. The highest BCUT2D eigenvalue weighted by Gasteiger charge is 2.26. The highest BCUT2D eigenvalue weighted by atomic mass is 19.1. The normalized spacial score (nSPS) is 14.4. The Morgan fingerprint density at radius 1 is 1.12 bits per heavy atom. The third-order valence-electron chi connectivity index (χ3n) is 5.81. The highest BCUT2D eigenvalue weighted by Crippen LogP contribution is 2.24. The number of hydrogen-bond donors (Lipinski definition) is 0. The number of nitrogens with zero attached hydrogens (tertiary/aromatic N) is 3. The van der Waals surface area contributed by atoms with Crippen molar-refractivity contribution in [3.63, 3.8) is 0 Å². The molecule has 1 aromatic heterocycles. The van der Waals surface area contributed by atoms with Crippen LogP contribution >= 0.6 is 0 Å². The van der Waals surface area contributed by atoms with E-state index in [0.29, 0.717) is 6.54 Å². The van der Waals surface area contributed by atoms with E-state index in [1.165, 1.54) is 43.1 Å². The number of benzene rings is 1. The summed E-state index contributed by atoms with van der Waals surface area (Å²) in [6.45, 7) is -0.128. The number of carbonyl (C=O) groups excluding carboxylic acids is 2. The minimum Gasteiger partial charge on any atom is -0.452 e. The predicted molar refractivity (Wildman–Crippen MR) is 121 cm³/mol. The molecule has 0 spiro atoms. The lowest BCUT2D eigenvalue weighted by Crippen LogP contribution is -2.43. The summed E-state index contributed by atoms with van der Waals surface area (Å²) < 4.78 is 20.5. The van der Waals surface area contributed by atoms with Crippen LogP contribution in [0, 0.1) is 5.82 Å². The zero-order valence-electron chi connectivity index (χ0n) is 18.8. The number of halogens is 1. The highest BCUT2D eigenvalue weighted by molar-refractivity contribution is 5.89. The van der Waals surface area contributed by atoms with E-state index in [1.54, 1.807) is 17.0 Å². The van der Waals surface area contributed by atoms with Crippen LogP contribution in [0.1, 0.15) is 43.2 Å². The van der Waals surface area contributed by atoms with Crippen LogP contribution in [-0.4, -0.2) is 38.6 Å². The fraction of sp³-hybridized carbons (Fsp3) is 0.417. The number of aryl methyl sites for hydroxylation is 1. The minimum atomic E-state index is -0.773. The van der Waals surface area contributed by atoms with Gasteiger partial charge in [-0.1, -0.05) is 31.4 Å². The Hall–Kier alpha value is -3.49. The average molecular weight is 458 g/mol. The summed E-state index contributed by atoms with van der Waals surface area (Å²) in [5.41, 5.74) is -0.0784. The number of ether oxygens (including phenoxy) is 1. The second-order valence-electron chi connectivity index (χ2n) is 8.22. The molecule has 3 rings (SSSR count). The number of aromatic nitrogens is 2. The molecule has 176 valence electrons. The van der Waals surface area contributed by atoms with Crippen LogP contribution in [0.5, 0.6) is 0 Å². The Morgan fingerprint density at radius 2 is 1.79 bits per heavy atom. The standard InChI is InChI=1S/C24H28FN3O5/c1-26-15-18(23(31)27(2)24(26)32)10-13-22(30)33-16-21(29)28(20-6-4-3-5-7-20)14-17-8-11-19(25)12-9-17/h8-13,15,20H,3-7,14,16H2,1-2H3/b13-10+. The SMILES string of the molecule is Cn1cc(/C=C/C(=O)OCC(=O)N(Cc2ccc(F)cc2)C2CCCCC2)c(=O)n(C)c1=O. The van der Waals surface area contributed by atoms with Crippen LogP contribution in [0.25, 0.3) is 6.08 Å². The third kappa shape index (κ3) is 6.27.